The number of benzene rings is 1. The zero-order valence-corrected chi connectivity index (χ0v) is 10.6. The van der Waals surface area contributed by atoms with Crippen molar-refractivity contribution in [1.82, 2.24) is 0 Å². The normalized spacial score (nSPS) is 11.1. The Bertz CT molecular complexity index is 398. The number of ether oxygens (including phenoxy) is 1. The van der Waals surface area contributed by atoms with E-state index in [4.69, 9.17) is 9.39 Å². The predicted octanol–water partition coefficient (Wildman–Crippen LogP) is 0.976. The maximum Gasteiger partial charge on any atom is 0.490 e. The summed E-state index contributed by atoms with van der Waals surface area (Å²) in [5, 5.41) is 9.49. The van der Waals surface area contributed by atoms with Crippen molar-refractivity contribution in [2.24, 2.45) is 0 Å². The SMILES string of the molecule is COB(O)c1cccc(C(=O)OC(C)(C)C)c1. The fourth-order valence-electron chi connectivity index (χ4n) is 1.29. The molecule has 1 N–H and O–H groups in total. The van der Waals surface area contributed by atoms with E-state index in [0.29, 0.717) is 11.0 Å². The van der Waals surface area contributed by atoms with Crippen molar-refractivity contribution in [3.8, 4) is 0 Å². The van der Waals surface area contributed by atoms with Crippen LogP contribution >= 0.6 is 0 Å². The zero-order chi connectivity index (χ0) is 13.1. The summed E-state index contributed by atoms with van der Waals surface area (Å²) in [6, 6.07) is 6.56. The largest absolute Gasteiger partial charge is 0.490 e. The third kappa shape index (κ3) is 4.21. The third-order valence-corrected chi connectivity index (χ3v) is 2.03. The van der Waals surface area contributed by atoms with Crippen molar-refractivity contribution in [1.29, 1.82) is 0 Å². The van der Waals surface area contributed by atoms with Gasteiger partial charge in [-0.3, -0.25) is 0 Å². The molecule has 0 heterocycles. The molecule has 0 aromatic heterocycles. The standard InChI is InChI=1S/C12H17BO4/c1-12(2,3)17-11(14)9-6-5-7-10(8-9)13(15)16-4/h5-8,15H,1-4H3. The van der Waals surface area contributed by atoms with Gasteiger partial charge in [-0.15, -0.1) is 0 Å². The molecule has 4 nitrogen and oxygen atoms in total. The Kier molecular flexibility index (Phi) is 4.31. The van der Waals surface area contributed by atoms with Crippen LogP contribution in [-0.4, -0.2) is 30.8 Å². The number of carbonyl (C=O) groups excluding carboxylic acids is 1. The molecular formula is C12H17BO4. The molecule has 0 spiro atoms. The van der Waals surface area contributed by atoms with Gasteiger partial charge in [0, 0.05) is 7.11 Å². The average Bonchev–Trinajstić information content (AvgIpc) is 2.26. The highest BCUT2D eigenvalue weighted by molar-refractivity contribution is 6.60. The van der Waals surface area contributed by atoms with E-state index in [-0.39, 0.29) is 0 Å². The van der Waals surface area contributed by atoms with Crippen molar-refractivity contribution in [2.75, 3.05) is 7.11 Å². The first-order chi connectivity index (χ1) is 7.83. The number of esters is 1. The van der Waals surface area contributed by atoms with Crippen molar-refractivity contribution in [3.05, 3.63) is 29.8 Å². The fourth-order valence-corrected chi connectivity index (χ4v) is 1.29. The molecule has 0 amide bonds. The zero-order valence-electron chi connectivity index (χ0n) is 10.6. The molecule has 1 aromatic carbocycles. The highest BCUT2D eigenvalue weighted by atomic mass is 16.6. The Balaban J connectivity index is 2.88. The minimum absolute atomic E-state index is 0.397. The predicted molar refractivity (Wildman–Crippen MR) is 66.2 cm³/mol. The lowest BCUT2D eigenvalue weighted by Gasteiger charge is -2.19. The summed E-state index contributed by atoms with van der Waals surface area (Å²) in [6.07, 6.45) is 0. The van der Waals surface area contributed by atoms with Crippen molar-refractivity contribution in [3.63, 3.8) is 0 Å². The van der Waals surface area contributed by atoms with E-state index in [0.717, 1.165) is 0 Å². The molecule has 0 saturated carbocycles. The minimum atomic E-state index is -1.03. The summed E-state index contributed by atoms with van der Waals surface area (Å²) in [7, 11) is 0.363. The van der Waals surface area contributed by atoms with E-state index in [1.54, 1.807) is 45.0 Å². The smallest absolute Gasteiger partial charge is 0.456 e. The highest BCUT2D eigenvalue weighted by Gasteiger charge is 2.20. The summed E-state index contributed by atoms with van der Waals surface area (Å²) in [6.45, 7) is 5.41. The van der Waals surface area contributed by atoms with Crippen molar-refractivity contribution in [2.45, 2.75) is 26.4 Å². The van der Waals surface area contributed by atoms with Crippen LogP contribution in [0.2, 0.25) is 0 Å². The van der Waals surface area contributed by atoms with E-state index in [2.05, 4.69) is 0 Å². The molecule has 0 unspecified atom stereocenters. The van der Waals surface area contributed by atoms with E-state index in [1.165, 1.54) is 7.11 Å². The molecule has 0 radical (unpaired) electrons. The van der Waals surface area contributed by atoms with Crippen LogP contribution in [0.3, 0.4) is 0 Å². The van der Waals surface area contributed by atoms with Crippen LogP contribution in [0, 0.1) is 0 Å². The molecule has 92 valence electrons. The molecule has 0 saturated heterocycles. The van der Waals surface area contributed by atoms with Gasteiger partial charge in [-0.05, 0) is 38.4 Å². The van der Waals surface area contributed by atoms with Crippen LogP contribution in [0.4, 0.5) is 0 Å². The van der Waals surface area contributed by atoms with Gasteiger partial charge in [0.15, 0.2) is 0 Å². The highest BCUT2D eigenvalue weighted by Crippen LogP contribution is 2.11. The Labute approximate surface area is 102 Å². The van der Waals surface area contributed by atoms with Gasteiger partial charge < -0.3 is 14.4 Å². The molecular weight excluding hydrogens is 219 g/mol. The van der Waals surface area contributed by atoms with Crippen LogP contribution < -0.4 is 5.46 Å². The van der Waals surface area contributed by atoms with E-state index in [9.17, 15) is 9.82 Å². The second-order valence-electron chi connectivity index (χ2n) is 4.72. The van der Waals surface area contributed by atoms with Crippen LogP contribution in [-0.2, 0) is 9.39 Å². The van der Waals surface area contributed by atoms with Crippen LogP contribution in [0.15, 0.2) is 24.3 Å². The van der Waals surface area contributed by atoms with Crippen LogP contribution in [0.25, 0.3) is 0 Å². The number of carbonyl (C=O) groups is 1. The Morgan fingerprint density at radius 3 is 2.53 bits per heavy atom. The van der Waals surface area contributed by atoms with Gasteiger partial charge in [0.05, 0.1) is 5.56 Å². The molecule has 0 bridgehead atoms. The van der Waals surface area contributed by atoms with Crippen LogP contribution in [0.1, 0.15) is 31.1 Å². The Hall–Kier alpha value is -1.33. The quantitative estimate of drug-likeness (QED) is 0.627. The van der Waals surface area contributed by atoms with Gasteiger partial charge in [-0.25, -0.2) is 4.79 Å². The van der Waals surface area contributed by atoms with Gasteiger partial charge in [0.2, 0.25) is 0 Å². The first-order valence-electron chi connectivity index (χ1n) is 5.37. The summed E-state index contributed by atoms with van der Waals surface area (Å²) >= 11 is 0. The molecule has 0 aliphatic carbocycles. The van der Waals surface area contributed by atoms with E-state index >= 15 is 0 Å². The maximum absolute atomic E-state index is 11.8. The Morgan fingerprint density at radius 1 is 1.35 bits per heavy atom. The second kappa shape index (κ2) is 5.34. The molecule has 0 fully saturated rings. The average molecular weight is 236 g/mol. The summed E-state index contributed by atoms with van der Waals surface area (Å²) in [5.74, 6) is -0.414. The fraction of sp³-hybridized carbons (Fsp3) is 0.417. The van der Waals surface area contributed by atoms with E-state index in [1.807, 2.05) is 0 Å². The van der Waals surface area contributed by atoms with Gasteiger partial charge in [-0.1, -0.05) is 12.1 Å². The number of hydrogen-bond acceptors (Lipinski definition) is 4. The summed E-state index contributed by atoms with van der Waals surface area (Å²) in [4.78, 5) is 11.8. The molecule has 17 heavy (non-hydrogen) atoms. The van der Waals surface area contributed by atoms with Crippen molar-refractivity contribution >= 4 is 18.6 Å². The Morgan fingerprint density at radius 2 is 2.00 bits per heavy atom. The number of hydrogen-bond donors (Lipinski definition) is 1. The molecule has 1 rings (SSSR count). The van der Waals surface area contributed by atoms with Gasteiger partial charge >= 0.3 is 13.1 Å². The summed E-state index contributed by atoms with van der Waals surface area (Å²) in [5.41, 5.74) is 0.386. The maximum atomic E-state index is 11.8. The topological polar surface area (TPSA) is 55.8 Å². The lowest BCUT2D eigenvalue weighted by atomic mass is 9.79. The van der Waals surface area contributed by atoms with Gasteiger partial charge in [-0.2, -0.15) is 0 Å². The first kappa shape index (κ1) is 13.7. The van der Waals surface area contributed by atoms with Crippen molar-refractivity contribution < 1.29 is 19.2 Å². The molecule has 0 aliphatic rings. The minimum Gasteiger partial charge on any atom is -0.456 e. The molecule has 0 aliphatic heterocycles. The van der Waals surface area contributed by atoms with Crippen LogP contribution in [0.5, 0.6) is 0 Å². The number of rotatable bonds is 3. The van der Waals surface area contributed by atoms with Gasteiger partial charge in [0.25, 0.3) is 0 Å². The van der Waals surface area contributed by atoms with E-state index < -0.39 is 18.7 Å². The molecule has 0 atom stereocenters. The third-order valence-electron chi connectivity index (χ3n) is 2.03. The molecule has 5 heteroatoms. The molecule has 1 aromatic rings. The second-order valence-corrected chi connectivity index (χ2v) is 4.72. The lowest BCUT2D eigenvalue weighted by molar-refractivity contribution is 0.00696. The lowest BCUT2D eigenvalue weighted by Crippen LogP contribution is -2.33. The summed E-state index contributed by atoms with van der Waals surface area (Å²) < 4.78 is 10.0. The first-order valence-corrected chi connectivity index (χ1v) is 5.37. The monoisotopic (exact) mass is 236 g/mol. The van der Waals surface area contributed by atoms with Gasteiger partial charge in [0.1, 0.15) is 5.60 Å².